The third-order valence-electron chi connectivity index (χ3n) is 0.408. The predicted octanol–water partition coefficient (Wildman–Crippen LogP) is -0.128. The van der Waals surface area contributed by atoms with Crippen LogP contribution >= 0.6 is 17.0 Å². The second-order valence-electron chi connectivity index (χ2n) is 0.931. The van der Waals surface area contributed by atoms with E-state index in [0.717, 1.165) is 19.5 Å². The minimum Gasteiger partial charge on any atom is -0.330 e. The fourth-order valence-electron chi connectivity index (χ4n) is 0.118. The van der Waals surface area contributed by atoms with E-state index in [1.54, 1.807) is 0 Å². The Morgan fingerprint density at radius 2 is 1.33 bits per heavy atom. The molecule has 0 aliphatic rings. The zero-order chi connectivity index (χ0) is 4.12. The molecule has 0 aromatic rings. The summed E-state index contributed by atoms with van der Waals surface area (Å²) in [6.45, 7) is 1.44. The first-order valence-corrected chi connectivity index (χ1v) is 1.82. The molecule has 0 bridgehead atoms. The van der Waals surface area contributed by atoms with Gasteiger partial charge in [0.15, 0.2) is 0 Å². The van der Waals surface area contributed by atoms with Crippen molar-refractivity contribution in [1.29, 1.82) is 0 Å². The van der Waals surface area contributed by atoms with E-state index in [9.17, 15) is 0 Å². The van der Waals surface area contributed by atoms with Crippen molar-refractivity contribution in [2.75, 3.05) is 13.1 Å². The zero-order valence-corrected chi connectivity index (χ0v) is 5.40. The molecule has 0 saturated heterocycles. The molecule has 0 aliphatic carbocycles. The summed E-state index contributed by atoms with van der Waals surface area (Å²) in [5.41, 5.74) is 10.1. The lowest BCUT2D eigenvalue weighted by atomic mass is 10.4. The van der Waals surface area contributed by atoms with E-state index < -0.39 is 0 Å². The van der Waals surface area contributed by atoms with Gasteiger partial charge in [0, 0.05) is 0 Å². The van der Waals surface area contributed by atoms with Crippen LogP contribution in [0.1, 0.15) is 6.42 Å². The van der Waals surface area contributed by atoms with Crippen molar-refractivity contribution in [3.8, 4) is 0 Å². The maximum absolute atomic E-state index is 5.06. The Morgan fingerprint density at radius 1 is 1.00 bits per heavy atom. The van der Waals surface area contributed by atoms with Gasteiger partial charge in [-0.25, -0.2) is 0 Å². The number of hydrogen-bond donors (Lipinski definition) is 2. The zero-order valence-electron chi connectivity index (χ0n) is 3.68. The van der Waals surface area contributed by atoms with E-state index >= 15 is 0 Å². The van der Waals surface area contributed by atoms with Crippen molar-refractivity contribution in [2.24, 2.45) is 11.5 Å². The SMILES string of the molecule is Br.NCCCN. The third kappa shape index (κ3) is 8.83. The number of hydrogen-bond acceptors (Lipinski definition) is 2. The smallest absolute Gasteiger partial charge is 0.00653 e. The molecule has 0 aliphatic heterocycles. The van der Waals surface area contributed by atoms with E-state index in [0.29, 0.717) is 0 Å². The molecular weight excluding hydrogens is 144 g/mol. The highest BCUT2D eigenvalue weighted by molar-refractivity contribution is 8.93. The lowest BCUT2D eigenvalue weighted by Gasteiger charge is -1.81. The molecule has 0 spiro atoms. The first-order valence-electron chi connectivity index (χ1n) is 1.82. The van der Waals surface area contributed by atoms with E-state index in [1.165, 1.54) is 0 Å². The molecule has 0 rings (SSSR count). The Morgan fingerprint density at radius 3 is 1.33 bits per heavy atom. The largest absolute Gasteiger partial charge is 0.330 e. The Kier molecular flexibility index (Phi) is 14.5. The molecule has 0 amide bonds. The quantitative estimate of drug-likeness (QED) is 0.583. The molecule has 0 aromatic carbocycles. The molecule has 6 heavy (non-hydrogen) atoms. The molecule has 4 N–H and O–H groups in total. The number of halogens is 1. The monoisotopic (exact) mass is 154 g/mol. The van der Waals surface area contributed by atoms with Crippen LogP contribution in [0.15, 0.2) is 0 Å². The van der Waals surface area contributed by atoms with Gasteiger partial charge < -0.3 is 11.5 Å². The van der Waals surface area contributed by atoms with E-state index in [4.69, 9.17) is 11.5 Å². The molecule has 0 atom stereocenters. The molecule has 0 heterocycles. The summed E-state index contributed by atoms with van der Waals surface area (Å²) in [5.74, 6) is 0. The van der Waals surface area contributed by atoms with Crippen LogP contribution in [-0.2, 0) is 0 Å². The van der Waals surface area contributed by atoms with Gasteiger partial charge >= 0.3 is 0 Å². The van der Waals surface area contributed by atoms with Crippen LogP contribution in [0.2, 0.25) is 0 Å². The van der Waals surface area contributed by atoms with Gasteiger partial charge in [0.25, 0.3) is 0 Å². The first kappa shape index (κ1) is 9.64. The highest BCUT2D eigenvalue weighted by atomic mass is 79.9. The van der Waals surface area contributed by atoms with Gasteiger partial charge in [0.2, 0.25) is 0 Å². The van der Waals surface area contributed by atoms with Gasteiger partial charge in [-0.1, -0.05) is 0 Å². The van der Waals surface area contributed by atoms with Crippen LogP contribution in [-0.4, -0.2) is 13.1 Å². The van der Waals surface area contributed by atoms with Gasteiger partial charge in [0.1, 0.15) is 0 Å². The van der Waals surface area contributed by atoms with Crippen LogP contribution < -0.4 is 11.5 Å². The molecule has 0 fully saturated rings. The van der Waals surface area contributed by atoms with Gasteiger partial charge in [-0.05, 0) is 19.5 Å². The maximum Gasteiger partial charge on any atom is -0.00653 e. The highest BCUT2D eigenvalue weighted by Crippen LogP contribution is 1.58. The number of nitrogens with two attached hydrogens (primary N) is 2. The van der Waals surface area contributed by atoms with Crippen molar-refractivity contribution in [2.45, 2.75) is 6.42 Å². The third-order valence-corrected chi connectivity index (χ3v) is 0.408. The first-order chi connectivity index (χ1) is 2.41. The van der Waals surface area contributed by atoms with Gasteiger partial charge in [-0.15, -0.1) is 17.0 Å². The summed E-state index contributed by atoms with van der Waals surface area (Å²) in [6, 6.07) is 0. The van der Waals surface area contributed by atoms with Crippen LogP contribution in [0.4, 0.5) is 0 Å². The topological polar surface area (TPSA) is 52.0 Å². The number of rotatable bonds is 2. The average Bonchev–Trinajstić information content (AvgIpc) is 1.41. The molecule has 40 valence electrons. The predicted molar refractivity (Wildman–Crippen MR) is 33.0 cm³/mol. The fraction of sp³-hybridized carbons (Fsp3) is 1.00. The Bertz CT molecular complexity index is 16.3. The summed E-state index contributed by atoms with van der Waals surface area (Å²) < 4.78 is 0. The van der Waals surface area contributed by atoms with Crippen LogP contribution in [0.25, 0.3) is 0 Å². The Labute approximate surface area is 48.7 Å². The fourth-order valence-corrected chi connectivity index (χ4v) is 0.118. The molecule has 0 unspecified atom stereocenters. The molecular formula is C3H11BrN2. The minimum absolute atomic E-state index is 0. The van der Waals surface area contributed by atoms with E-state index in [1.807, 2.05) is 0 Å². The second-order valence-corrected chi connectivity index (χ2v) is 0.931. The molecule has 2 nitrogen and oxygen atoms in total. The maximum atomic E-state index is 5.06. The highest BCUT2D eigenvalue weighted by Gasteiger charge is 1.67. The van der Waals surface area contributed by atoms with Gasteiger partial charge in [0.05, 0.1) is 0 Å². The standard InChI is InChI=1S/C3H10N2.BrH/c4-2-1-3-5;/h1-5H2;1H. The van der Waals surface area contributed by atoms with Crippen molar-refractivity contribution in [3.63, 3.8) is 0 Å². The lowest BCUT2D eigenvalue weighted by molar-refractivity contribution is 0.844. The summed E-state index contributed by atoms with van der Waals surface area (Å²) >= 11 is 0. The summed E-state index contributed by atoms with van der Waals surface area (Å²) in [7, 11) is 0. The summed E-state index contributed by atoms with van der Waals surface area (Å²) in [4.78, 5) is 0. The van der Waals surface area contributed by atoms with Crippen LogP contribution in [0.3, 0.4) is 0 Å². The van der Waals surface area contributed by atoms with Crippen molar-refractivity contribution in [3.05, 3.63) is 0 Å². The van der Waals surface area contributed by atoms with Crippen molar-refractivity contribution < 1.29 is 0 Å². The van der Waals surface area contributed by atoms with Gasteiger partial charge in [-0.3, -0.25) is 0 Å². The molecule has 0 aromatic heterocycles. The Hall–Kier alpha value is 0.400. The summed E-state index contributed by atoms with van der Waals surface area (Å²) in [5, 5.41) is 0. The second kappa shape index (κ2) is 9.04. The Balaban J connectivity index is 0. The average molecular weight is 155 g/mol. The summed E-state index contributed by atoms with van der Waals surface area (Å²) in [6.07, 6.45) is 0.944. The molecule has 3 heteroatoms. The van der Waals surface area contributed by atoms with Crippen LogP contribution in [0.5, 0.6) is 0 Å². The van der Waals surface area contributed by atoms with Crippen LogP contribution in [0, 0.1) is 0 Å². The molecule has 0 saturated carbocycles. The minimum atomic E-state index is 0. The molecule has 0 radical (unpaired) electrons. The van der Waals surface area contributed by atoms with Gasteiger partial charge in [-0.2, -0.15) is 0 Å². The van der Waals surface area contributed by atoms with E-state index in [2.05, 4.69) is 0 Å². The van der Waals surface area contributed by atoms with Crippen molar-refractivity contribution in [1.82, 2.24) is 0 Å². The van der Waals surface area contributed by atoms with Crippen molar-refractivity contribution >= 4 is 17.0 Å². The van der Waals surface area contributed by atoms with E-state index in [-0.39, 0.29) is 17.0 Å². The normalized spacial score (nSPS) is 7.00. The lowest BCUT2D eigenvalue weighted by Crippen LogP contribution is -2.06.